The first-order valence-corrected chi connectivity index (χ1v) is 12.5. The fourth-order valence-corrected chi connectivity index (χ4v) is 6.44. The van der Waals surface area contributed by atoms with Gasteiger partial charge in [0.25, 0.3) is 5.91 Å². The molecule has 11 nitrogen and oxygen atoms in total. The zero-order valence-electron chi connectivity index (χ0n) is 20.2. The van der Waals surface area contributed by atoms with Gasteiger partial charge in [0.05, 0.1) is 5.39 Å². The van der Waals surface area contributed by atoms with Crippen molar-refractivity contribution in [1.82, 2.24) is 15.5 Å². The summed E-state index contributed by atoms with van der Waals surface area (Å²) in [6.07, 6.45) is 0.980. The Kier molecular flexibility index (Phi) is 6.14. The van der Waals surface area contributed by atoms with Gasteiger partial charge in [0, 0.05) is 4.75 Å². The molecule has 2 aliphatic heterocycles. The van der Waals surface area contributed by atoms with Crippen LogP contribution in [-0.2, 0) is 14.4 Å². The Morgan fingerprint density at radius 1 is 1.11 bits per heavy atom. The summed E-state index contributed by atoms with van der Waals surface area (Å²) in [5.74, 6) is -3.43. The van der Waals surface area contributed by atoms with E-state index in [1.54, 1.807) is 44.2 Å². The number of hydrogen-bond acceptors (Lipinski definition) is 8. The first kappa shape index (κ1) is 25.3. The van der Waals surface area contributed by atoms with Gasteiger partial charge >= 0.3 is 5.97 Å². The van der Waals surface area contributed by atoms with E-state index in [1.165, 1.54) is 34.9 Å². The minimum Gasteiger partial charge on any atom is -0.508 e. The van der Waals surface area contributed by atoms with Gasteiger partial charge in [-0.2, -0.15) is 0 Å². The van der Waals surface area contributed by atoms with E-state index < -0.39 is 57.4 Å². The van der Waals surface area contributed by atoms with Crippen LogP contribution in [0, 0.1) is 0 Å². The SMILES string of the molecule is CC1(C)S[C@@H]2[C@H](NC(=O)C(NC(=O)c3coc4ccc(O)cc4c3=O)c3ccccc3)C(=O)N2[C@H]1C(=O)O. The lowest BCUT2D eigenvalue weighted by molar-refractivity contribution is -0.161. The Morgan fingerprint density at radius 3 is 2.50 bits per heavy atom. The minimum atomic E-state index is -1.28. The average molecular weight is 538 g/mol. The monoisotopic (exact) mass is 537 g/mol. The van der Waals surface area contributed by atoms with Gasteiger partial charge in [0.2, 0.25) is 17.2 Å². The summed E-state index contributed by atoms with van der Waals surface area (Å²) in [6, 6.07) is 8.88. The van der Waals surface area contributed by atoms with Gasteiger partial charge in [0.15, 0.2) is 0 Å². The maximum absolute atomic E-state index is 13.4. The van der Waals surface area contributed by atoms with Gasteiger partial charge in [-0.15, -0.1) is 11.8 Å². The lowest BCUT2D eigenvalue weighted by Gasteiger charge is -2.44. The molecule has 3 amide bonds. The molecule has 2 fully saturated rings. The highest BCUT2D eigenvalue weighted by Crippen LogP contribution is 2.50. The van der Waals surface area contributed by atoms with Crippen molar-refractivity contribution in [2.75, 3.05) is 0 Å². The molecule has 3 heterocycles. The molecule has 12 heteroatoms. The van der Waals surface area contributed by atoms with Crippen LogP contribution in [0.5, 0.6) is 5.75 Å². The highest BCUT2D eigenvalue weighted by atomic mass is 32.2. The molecule has 0 bridgehead atoms. The third-order valence-electron chi connectivity index (χ3n) is 6.64. The van der Waals surface area contributed by atoms with Crippen LogP contribution in [0.4, 0.5) is 0 Å². The zero-order valence-corrected chi connectivity index (χ0v) is 21.0. The predicted octanol–water partition coefficient (Wildman–Crippen LogP) is 1.60. The summed E-state index contributed by atoms with van der Waals surface area (Å²) in [5, 5.41) is 24.0. The molecule has 0 radical (unpaired) electrons. The molecule has 0 saturated carbocycles. The van der Waals surface area contributed by atoms with Crippen LogP contribution in [0.2, 0.25) is 0 Å². The van der Waals surface area contributed by atoms with E-state index in [9.17, 15) is 34.2 Å². The van der Waals surface area contributed by atoms with E-state index in [0.717, 1.165) is 6.26 Å². The quantitative estimate of drug-likeness (QED) is 0.342. The Balaban J connectivity index is 1.40. The molecule has 2 aromatic carbocycles. The molecule has 0 aliphatic carbocycles. The van der Waals surface area contributed by atoms with Crippen molar-refractivity contribution in [3.05, 3.63) is 76.1 Å². The topological polar surface area (TPSA) is 166 Å². The van der Waals surface area contributed by atoms with Crippen molar-refractivity contribution < 1.29 is 33.8 Å². The third-order valence-corrected chi connectivity index (χ3v) is 8.22. The normalized spacial score (nSPS) is 22.3. The van der Waals surface area contributed by atoms with Crippen molar-refractivity contribution in [1.29, 1.82) is 0 Å². The van der Waals surface area contributed by atoms with Gasteiger partial charge in [-0.05, 0) is 37.6 Å². The highest BCUT2D eigenvalue weighted by Gasteiger charge is 2.64. The molecule has 4 atom stereocenters. The zero-order chi connectivity index (χ0) is 27.4. The van der Waals surface area contributed by atoms with Gasteiger partial charge < -0.3 is 30.2 Å². The molecular weight excluding hydrogens is 514 g/mol. The Morgan fingerprint density at radius 2 is 1.82 bits per heavy atom. The van der Waals surface area contributed by atoms with E-state index in [2.05, 4.69) is 10.6 Å². The van der Waals surface area contributed by atoms with Crippen LogP contribution >= 0.6 is 11.8 Å². The second-order valence-electron chi connectivity index (χ2n) is 9.56. The van der Waals surface area contributed by atoms with Crippen molar-refractivity contribution in [2.24, 2.45) is 0 Å². The molecule has 196 valence electrons. The third kappa shape index (κ3) is 4.16. The largest absolute Gasteiger partial charge is 0.508 e. The van der Waals surface area contributed by atoms with Crippen molar-refractivity contribution in [3.8, 4) is 5.75 Å². The lowest BCUT2D eigenvalue weighted by Crippen LogP contribution is -2.71. The molecule has 0 spiro atoms. The smallest absolute Gasteiger partial charge is 0.327 e. The summed E-state index contributed by atoms with van der Waals surface area (Å²) in [6.45, 7) is 3.45. The van der Waals surface area contributed by atoms with Crippen LogP contribution in [0.1, 0.15) is 35.8 Å². The van der Waals surface area contributed by atoms with Crippen molar-refractivity contribution in [2.45, 2.75) is 42.1 Å². The van der Waals surface area contributed by atoms with E-state index in [0.29, 0.717) is 5.56 Å². The van der Waals surface area contributed by atoms with E-state index in [-0.39, 0.29) is 22.3 Å². The van der Waals surface area contributed by atoms with E-state index in [4.69, 9.17) is 4.42 Å². The Bertz CT molecular complexity index is 1540. The maximum atomic E-state index is 13.4. The number of aliphatic carboxylic acids is 1. The summed E-state index contributed by atoms with van der Waals surface area (Å²) in [4.78, 5) is 65.4. The summed E-state index contributed by atoms with van der Waals surface area (Å²) < 4.78 is 4.61. The number of benzene rings is 2. The fourth-order valence-electron chi connectivity index (χ4n) is 4.81. The highest BCUT2D eigenvalue weighted by molar-refractivity contribution is 8.01. The minimum absolute atomic E-state index is 0.00706. The first-order chi connectivity index (χ1) is 18.0. The summed E-state index contributed by atoms with van der Waals surface area (Å²) in [7, 11) is 0. The number of amides is 3. The predicted molar refractivity (Wildman–Crippen MR) is 136 cm³/mol. The number of carbonyl (C=O) groups is 4. The second-order valence-corrected chi connectivity index (χ2v) is 11.3. The lowest BCUT2D eigenvalue weighted by atomic mass is 9.95. The van der Waals surface area contributed by atoms with Crippen LogP contribution in [0.15, 0.2) is 64.0 Å². The summed E-state index contributed by atoms with van der Waals surface area (Å²) >= 11 is 1.28. The Hall–Kier alpha value is -4.32. The maximum Gasteiger partial charge on any atom is 0.327 e. The van der Waals surface area contributed by atoms with Crippen molar-refractivity contribution >= 4 is 46.4 Å². The number of thioether (sulfide) groups is 1. The van der Waals surface area contributed by atoms with E-state index >= 15 is 0 Å². The molecule has 2 saturated heterocycles. The molecule has 4 N–H and O–H groups in total. The number of fused-ring (bicyclic) bond motifs is 2. The van der Waals surface area contributed by atoms with E-state index in [1.807, 2.05) is 0 Å². The van der Waals surface area contributed by atoms with Gasteiger partial charge in [-0.25, -0.2) is 4.79 Å². The number of nitrogens with zero attached hydrogens (tertiary/aromatic N) is 1. The molecule has 1 aromatic heterocycles. The number of carbonyl (C=O) groups excluding carboxylic acids is 3. The van der Waals surface area contributed by atoms with Crippen LogP contribution in [0.25, 0.3) is 11.0 Å². The molecule has 38 heavy (non-hydrogen) atoms. The molecular formula is C26H23N3O8S. The van der Waals surface area contributed by atoms with Crippen LogP contribution in [0.3, 0.4) is 0 Å². The number of nitrogens with one attached hydrogen (secondary N) is 2. The Labute approximate surface area is 219 Å². The first-order valence-electron chi connectivity index (χ1n) is 11.6. The van der Waals surface area contributed by atoms with Crippen LogP contribution < -0.4 is 16.1 Å². The number of hydrogen-bond donors (Lipinski definition) is 4. The van der Waals surface area contributed by atoms with Gasteiger partial charge in [-0.1, -0.05) is 30.3 Å². The number of phenols is 1. The van der Waals surface area contributed by atoms with Gasteiger partial charge in [0.1, 0.15) is 46.7 Å². The van der Waals surface area contributed by atoms with Crippen LogP contribution in [-0.4, -0.2) is 61.0 Å². The number of carboxylic acid groups (broad SMARTS) is 1. The fraction of sp³-hybridized carbons (Fsp3) is 0.269. The molecule has 1 unspecified atom stereocenters. The number of β-lactam (4-membered cyclic amide) rings is 1. The average Bonchev–Trinajstić information content (AvgIpc) is 3.14. The molecule has 5 rings (SSSR count). The number of rotatable bonds is 6. The second kappa shape index (κ2) is 9.21. The molecule has 2 aliphatic rings. The molecule has 3 aromatic rings. The summed E-state index contributed by atoms with van der Waals surface area (Å²) in [5.41, 5.74) is -0.500. The standard InChI is InChI=1S/C26H23N3O8S/c1-26(2)20(25(35)36)29-23(34)18(24(29)38-26)28-22(33)17(12-6-4-3-5-7-12)27-21(32)15-11-37-16-9-8-13(30)10-14(16)19(15)31/h3-11,17-18,20,24,30H,1-2H3,(H,27,32)(H,28,33)(H,35,36)/t17?,18-,20+,24-/m1/s1. The number of carboxylic acids is 1. The van der Waals surface area contributed by atoms with Crippen molar-refractivity contribution in [3.63, 3.8) is 0 Å². The van der Waals surface area contributed by atoms with Gasteiger partial charge in [-0.3, -0.25) is 19.2 Å². The number of aromatic hydroxyl groups is 1. The number of phenolic OH excluding ortho intramolecular Hbond substituents is 1.